The van der Waals surface area contributed by atoms with Gasteiger partial charge in [0.2, 0.25) is 0 Å². The number of benzene rings is 3. The standard InChI is InChI=1S/C22H18N2O/c1-16(17-7-3-2-4-8-17)25-19-13-11-18(12-14-19)22-15-23-20-9-5-6-10-21(20)24-22/h2-16H,1H3. The lowest BCUT2D eigenvalue weighted by atomic mass is 10.1. The van der Waals surface area contributed by atoms with Crippen LogP contribution in [0.4, 0.5) is 0 Å². The van der Waals surface area contributed by atoms with E-state index in [-0.39, 0.29) is 6.10 Å². The number of rotatable bonds is 4. The van der Waals surface area contributed by atoms with E-state index in [0.717, 1.165) is 33.6 Å². The van der Waals surface area contributed by atoms with Gasteiger partial charge in [-0.2, -0.15) is 0 Å². The van der Waals surface area contributed by atoms with Gasteiger partial charge in [0.25, 0.3) is 0 Å². The number of ether oxygens (including phenoxy) is 1. The van der Waals surface area contributed by atoms with Crippen molar-refractivity contribution < 1.29 is 4.74 Å². The molecule has 3 heteroatoms. The summed E-state index contributed by atoms with van der Waals surface area (Å²) in [7, 11) is 0. The molecular formula is C22H18N2O. The predicted molar refractivity (Wildman–Crippen MR) is 100 cm³/mol. The molecule has 1 atom stereocenters. The van der Waals surface area contributed by atoms with Gasteiger partial charge in [0.15, 0.2) is 0 Å². The van der Waals surface area contributed by atoms with Crippen molar-refractivity contribution in [1.29, 1.82) is 0 Å². The van der Waals surface area contributed by atoms with Crippen LogP contribution < -0.4 is 4.74 Å². The van der Waals surface area contributed by atoms with E-state index in [0.29, 0.717) is 0 Å². The summed E-state index contributed by atoms with van der Waals surface area (Å²) >= 11 is 0. The number of para-hydroxylation sites is 2. The molecule has 0 saturated heterocycles. The maximum absolute atomic E-state index is 6.03. The zero-order valence-corrected chi connectivity index (χ0v) is 14.0. The van der Waals surface area contributed by atoms with Crippen molar-refractivity contribution in [3.05, 3.63) is 90.6 Å². The fourth-order valence-electron chi connectivity index (χ4n) is 2.80. The number of aromatic nitrogens is 2. The minimum Gasteiger partial charge on any atom is -0.486 e. The van der Waals surface area contributed by atoms with Gasteiger partial charge >= 0.3 is 0 Å². The van der Waals surface area contributed by atoms with Crippen LogP contribution in [0.15, 0.2) is 85.1 Å². The van der Waals surface area contributed by atoms with Crippen molar-refractivity contribution in [2.45, 2.75) is 13.0 Å². The third-order valence-electron chi connectivity index (χ3n) is 4.18. The first-order valence-electron chi connectivity index (χ1n) is 8.33. The van der Waals surface area contributed by atoms with Gasteiger partial charge in [0.1, 0.15) is 11.9 Å². The fourth-order valence-corrected chi connectivity index (χ4v) is 2.80. The summed E-state index contributed by atoms with van der Waals surface area (Å²) in [6, 6.07) is 26.1. The molecule has 3 aromatic carbocycles. The Morgan fingerprint density at radius 1 is 0.760 bits per heavy atom. The molecule has 0 spiro atoms. The molecule has 0 fully saturated rings. The van der Waals surface area contributed by atoms with Crippen LogP contribution in [0, 0.1) is 0 Å². The van der Waals surface area contributed by atoms with Crippen LogP contribution in [0.5, 0.6) is 5.75 Å². The Balaban J connectivity index is 1.55. The number of nitrogens with zero attached hydrogens (tertiary/aromatic N) is 2. The number of hydrogen-bond donors (Lipinski definition) is 0. The number of hydrogen-bond acceptors (Lipinski definition) is 3. The highest BCUT2D eigenvalue weighted by molar-refractivity contribution is 5.76. The van der Waals surface area contributed by atoms with Crippen molar-refractivity contribution in [3.8, 4) is 17.0 Å². The van der Waals surface area contributed by atoms with Crippen molar-refractivity contribution in [2.24, 2.45) is 0 Å². The molecule has 0 bridgehead atoms. The lowest BCUT2D eigenvalue weighted by molar-refractivity contribution is 0.227. The smallest absolute Gasteiger partial charge is 0.121 e. The van der Waals surface area contributed by atoms with Crippen molar-refractivity contribution in [1.82, 2.24) is 9.97 Å². The van der Waals surface area contributed by atoms with Crippen LogP contribution >= 0.6 is 0 Å². The summed E-state index contributed by atoms with van der Waals surface area (Å²) in [5.41, 5.74) is 4.85. The molecule has 1 heterocycles. The molecule has 3 nitrogen and oxygen atoms in total. The van der Waals surface area contributed by atoms with E-state index in [2.05, 4.69) is 29.0 Å². The van der Waals surface area contributed by atoms with Gasteiger partial charge in [-0.15, -0.1) is 0 Å². The third-order valence-corrected chi connectivity index (χ3v) is 4.18. The van der Waals surface area contributed by atoms with Gasteiger partial charge in [-0.05, 0) is 48.9 Å². The Hall–Kier alpha value is -3.20. The van der Waals surface area contributed by atoms with Gasteiger partial charge in [0.05, 0.1) is 22.9 Å². The van der Waals surface area contributed by atoms with Crippen LogP contribution in [0.3, 0.4) is 0 Å². The maximum Gasteiger partial charge on any atom is 0.121 e. The summed E-state index contributed by atoms with van der Waals surface area (Å²) in [6.45, 7) is 2.05. The van der Waals surface area contributed by atoms with Gasteiger partial charge < -0.3 is 4.74 Å². The zero-order valence-electron chi connectivity index (χ0n) is 14.0. The van der Waals surface area contributed by atoms with Gasteiger partial charge in [0, 0.05) is 5.56 Å². The molecule has 122 valence electrons. The predicted octanol–water partition coefficient (Wildman–Crippen LogP) is 5.44. The van der Waals surface area contributed by atoms with E-state index in [1.165, 1.54) is 0 Å². The molecule has 0 aliphatic carbocycles. The van der Waals surface area contributed by atoms with E-state index in [1.807, 2.05) is 72.9 Å². The first-order chi connectivity index (χ1) is 12.3. The second-order valence-electron chi connectivity index (χ2n) is 5.94. The van der Waals surface area contributed by atoms with E-state index in [9.17, 15) is 0 Å². The molecule has 0 saturated carbocycles. The monoisotopic (exact) mass is 326 g/mol. The topological polar surface area (TPSA) is 35.0 Å². The van der Waals surface area contributed by atoms with E-state index in [1.54, 1.807) is 0 Å². The summed E-state index contributed by atoms with van der Waals surface area (Å²) in [5.74, 6) is 0.842. The largest absolute Gasteiger partial charge is 0.486 e. The Morgan fingerprint density at radius 3 is 2.20 bits per heavy atom. The number of fused-ring (bicyclic) bond motifs is 1. The highest BCUT2D eigenvalue weighted by atomic mass is 16.5. The molecule has 0 N–H and O–H groups in total. The molecule has 0 aliphatic heterocycles. The summed E-state index contributed by atoms with van der Waals surface area (Å²) in [6.07, 6.45) is 1.82. The summed E-state index contributed by atoms with van der Waals surface area (Å²) in [5, 5.41) is 0. The molecule has 4 rings (SSSR count). The Kier molecular flexibility index (Phi) is 4.13. The van der Waals surface area contributed by atoms with E-state index in [4.69, 9.17) is 4.74 Å². The Morgan fingerprint density at radius 2 is 1.44 bits per heavy atom. The van der Waals surface area contributed by atoms with Crippen molar-refractivity contribution in [3.63, 3.8) is 0 Å². The molecular weight excluding hydrogens is 308 g/mol. The quantitative estimate of drug-likeness (QED) is 0.501. The molecule has 1 aromatic heterocycles. The molecule has 0 aliphatic rings. The summed E-state index contributed by atoms with van der Waals surface area (Å²) < 4.78 is 6.03. The minimum absolute atomic E-state index is 0.00695. The third kappa shape index (κ3) is 3.36. The molecule has 0 amide bonds. The highest BCUT2D eigenvalue weighted by Crippen LogP contribution is 2.25. The van der Waals surface area contributed by atoms with Crippen LogP contribution in [0.2, 0.25) is 0 Å². The average molecular weight is 326 g/mol. The molecule has 4 aromatic rings. The van der Waals surface area contributed by atoms with Gasteiger partial charge in [-0.25, -0.2) is 4.98 Å². The highest BCUT2D eigenvalue weighted by Gasteiger charge is 2.07. The molecule has 0 radical (unpaired) electrons. The molecule has 1 unspecified atom stereocenters. The lowest BCUT2D eigenvalue weighted by Gasteiger charge is -2.15. The van der Waals surface area contributed by atoms with Crippen LogP contribution in [-0.4, -0.2) is 9.97 Å². The average Bonchev–Trinajstić information content (AvgIpc) is 2.69. The van der Waals surface area contributed by atoms with Gasteiger partial charge in [-0.1, -0.05) is 42.5 Å². The second-order valence-corrected chi connectivity index (χ2v) is 5.94. The first kappa shape index (κ1) is 15.3. The van der Waals surface area contributed by atoms with Crippen molar-refractivity contribution >= 4 is 11.0 Å². The van der Waals surface area contributed by atoms with Crippen LogP contribution in [-0.2, 0) is 0 Å². The van der Waals surface area contributed by atoms with E-state index < -0.39 is 0 Å². The summed E-state index contributed by atoms with van der Waals surface area (Å²) in [4.78, 5) is 9.15. The minimum atomic E-state index is 0.00695. The fraction of sp³-hybridized carbons (Fsp3) is 0.0909. The van der Waals surface area contributed by atoms with E-state index >= 15 is 0 Å². The maximum atomic E-state index is 6.03. The normalized spacial score (nSPS) is 12.0. The Bertz CT molecular complexity index is 981. The SMILES string of the molecule is CC(Oc1ccc(-c2cnc3ccccc3n2)cc1)c1ccccc1. The van der Waals surface area contributed by atoms with Gasteiger partial charge in [-0.3, -0.25) is 4.98 Å². The zero-order chi connectivity index (χ0) is 17.1. The lowest BCUT2D eigenvalue weighted by Crippen LogP contribution is -2.02. The van der Waals surface area contributed by atoms with Crippen LogP contribution in [0.25, 0.3) is 22.3 Å². The van der Waals surface area contributed by atoms with Crippen molar-refractivity contribution in [2.75, 3.05) is 0 Å². The molecule has 25 heavy (non-hydrogen) atoms. The Labute approximate surface area is 147 Å². The van der Waals surface area contributed by atoms with Crippen LogP contribution in [0.1, 0.15) is 18.6 Å². The second kappa shape index (κ2) is 6.73. The first-order valence-corrected chi connectivity index (χ1v) is 8.33.